The smallest absolute Gasteiger partial charge is 0.308 e. The van der Waals surface area contributed by atoms with E-state index in [4.69, 9.17) is 5.11 Å². The first-order valence-corrected chi connectivity index (χ1v) is 6.49. The number of carboxylic acid groups (broad SMARTS) is 1. The summed E-state index contributed by atoms with van der Waals surface area (Å²) in [5.41, 5.74) is 0. The largest absolute Gasteiger partial charge is 0.481 e. The van der Waals surface area contributed by atoms with Crippen LogP contribution in [-0.4, -0.2) is 42.1 Å². The normalized spacial score (nSPS) is 28.5. The minimum absolute atomic E-state index is 0.108. The van der Waals surface area contributed by atoms with Crippen LogP contribution in [0.5, 0.6) is 0 Å². The first kappa shape index (κ1) is 12.4. The molecule has 1 heterocycles. The van der Waals surface area contributed by atoms with Crippen LogP contribution in [0.2, 0.25) is 0 Å². The third-order valence-corrected chi connectivity index (χ3v) is 5.06. The Balaban J connectivity index is 2.83. The van der Waals surface area contributed by atoms with Gasteiger partial charge in [0.25, 0.3) is 0 Å². The average Bonchev–Trinajstić information content (AvgIpc) is 2.47. The zero-order chi connectivity index (χ0) is 11.8. The fraction of sp³-hybridized carbons (Fsp3) is 0.889. The molecular weight excluding hydrogens is 218 g/mol. The molecule has 0 unspecified atom stereocenters. The second kappa shape index (κ2) is 4.09. The van der Waals surface area contributed by atoms with Gasteiger partial charge in [0, 0.05) is 13.1 Å². The van der Waals surface area contributed by atoms with Crippen LogP contribution in [0.25, 0.3) is 0 Å². The summed E-state index contributed by atoms with van der Waals surface area (Å²) >= 11 is 0. The Labute approximate surface area is 90.1 Å². The van der Waals surface area contributed by atoms with E-state index in [1.165, 1.54) is 4.31 Å². The number of carbonyl (C=O) groups is 1. The van der Waals surface area contributed by atoms with Crippen molar-refractivity contribution in [1.82, 2.24) is 4.31 Å². The first-order chi connectivity index (χ1) is 6.76. The van der Waals surface area contributed by atoms with Crippen LogP contribution in [0.15, 0.2) is 0 Å². The Hall–Kier alpha value is -0.620. The number of sulfonamides is 1. The van der Waals surface area contributed by atoms with Crippen LogP contribution < -0.4 is 0 Å². The lowest BCUT2D eigenvalue weighted by Gasteiger charge is -2.18. The summed E-state index contributed by atoms with van der Waals surface area (Å²) in [6, 6.07) is 0. The van der Waals surface area contributed by atoms with Crippen LogP contribution in [0.4, 0.5) is 0 Å². The van der Waals surface area contributed by atoms with Crippen molar-refractivity contribution in [2.24, 2.45) is 11.8 Å². The van der Waals surface area contributed by atoms with Crippen molar-refractivity contribution < 1.29 is 18.3 Å². The van der Waals surface area contributed by atoms with Crippen molar-refractivity contribution in [2.45, 2.75) is 26.0 Å². The van der Waals surface area contributed by atoms with E-state index in [9.17, 15) is 13.2 Å². The number of hydrogen-bond acceptors (Lipinski definition) is 3. The minimum atomic E-state index is -3.31. The van der Waals surface area contributed by atoms with Gasteiger partial charge in [-0.15, -0.1) is 0 Å². The predicted octanol–water partition coefficient (Wildman–Crippen LogP) is 0.377. The maximum atomic E-state index is 11.8. The third-order valence-electron chi connectivity index (χ3n) is 2.85. The van der Waals surface area contributed by atoms with Crippen molar-refractivity contribution in [2.75, 3.05) is 13.1 Å². The zero-order valence-corrected chi connectivity index (χ0v) is 9.99. The second-order valence-corrected chi connectivity index (χ2v) is 6.82. The van der Waals surface area contributed by atoms with Crippen LogP contribution in [0, 0.1) is 11.8 Å². The molecule has 0 aromatic heterocycles. The SMILES string of the molecule is CC(C)S(=O)(=O)N1C[C@@H](C)[C@H](C(=O)O)C1. The number of aliphatic carboxylic acids is 1. The summed E-state index contributed by atoms with van der Waals surface area (Å²) in [6.07, 6.45) is 0. The monoisotopic (exact) mass is 235 g/mol. The van der Waals surface area contributed by atoms with Crippen LogP contribution in [-0.2, 0) is 14.8 Å². The van der Waals surface area contributed by atoms with E-state index in [0.29, 0.717) is 6.54 Å². The molecule has 1 N–H and O–H groups in total. The molecule has 0 aliphatic carbocycles. The third kappa shape index (κ3) is 2.31. The molecule has 88 valence electrons. The van der Waals surface area contributed by atoms with Crippen LogP contribution in [0.1, 0.15) is 20.8 Å². The van der Waals surface area contributed by atoms with E-state index in [1.54, 1.807) is 20.8 Å². The van der Waals surface area contributed by atoms with Gasteiger partial charge in [-0.25, -0.2) is 12.7 Å². The van der Waals surface area contributed by atoms with Crippen molar-refractivity contribution in [1.29, 1.82) is 0 Å². The Kier molecular flexibility index (Phi) is 3.40. The number of carboxylic acids is 1. The van der Waals surface area contributed by atoms with Gasteiger partial charge < -0.3 is 5.11 Å². The lowest BCUT2D eigenvalue weighted by atomic mass is 9.99. The average molecular weight is 235 g/mol. The molecule has 0 amide bonds. The Morgan fingerprint density at radius 2 is 1.93 bits per heavy atom. The van der Waals surface area contributed by atoms with E-state index in [2.05, 4.69) is 0 Å². The highest BCUT2D eigenvalue weighted by molar-refractivity contribution is 7.89. The summed E-state index contributed by atoms with van der Waals surface area (Å²) in [6.45, 7) is 5.41. The van der Waals surface area contributed by atoms with E-state index in [-0.39, 0.29) is 12.5 Å². The zero-order valence-electron chi connectivity index (χ0n) is 9.17. The van der Waals surface area contributed by atoms with Crippen molar-refractivity contribution in [3.05, 3.63) is 0 Å². The van der Waals surface area contributed by atoms with Gasteiger partial charge in [-0.2, -0.15) is 0 Å². The molecule has 1 fully saturated rings. The van der Waals surface area contributed by atoms with Gasteiger partial charge in [0.1, 0.15) is 0 Å². The van der Waals surface area contributed by atoms with E-state index in [1.807, 2.05) is 0 Å². The molecule has 2 atom stereocenters. The summed E-state index contributed by atoms with van der Waals surface area (Å²) in [7, 11) is -3.31. The summed E-state index contributed by atoms with van der Waals surface area (Å²) < 4.78 is 24.9. The molecule has 6 heteroatoms. The van der Waals surface area contributed by atoms with Gasteiger partial charge in [-0.1, -0.05) is 6.92 Å². The topological polar surface area (TPSA) is 74.7 Å². The molecule has 1 aliphatic rings. The van der Waals surface area contributed by atoms with Crippen molar-refractivity contribution in [3.8, 4) is 0 Å². The van der Waals surface area contributed by atoms with Gasteiger partial charge >= 0.3 is 5.97 Å². The van der Waals surface area contributed by atoms with E-state index < -0.39 is 27.2 Å². The van der Waals surface area contributed by atoms with Crippen molar-refractivity contribution >= 4 is 16.0 Å². The second-order valence-electron chi connectivity index (χ2n) is 4.33. The van der Waals surface area contributed by atoms with E-state index in [0.717, 1.165) is 0 Å². The van der Waals surface area contributed by atoms with Gasteiger partial charge in [-0.05, 0) is 19.8 Å². The fourth-order valence-electron chi connectivity index (χ4n) is 1.75. The summed E-state index contributed by atoms with van der Waals surface area (Å²) in [5, 5.41) is 8.40. The summed E-state index contributed by atoms with van der Waals surface area (Å²) in [4.78, 5) is 10.8. The van der Waals surface area contributed by atoms with Gasteiger partial charge in [0.05, 0.1) is 11.2 Å². The van der Waals surface area contributed by atoms with Gasteiger partial charge in [0.15, 0.2) is 0 Å². The highest BCUT2D eigenvalue weighted by Crippen LogP contribution is 2.26. The van der Waals surface area contributed by atoms with E-state index >= 15 is 0 Å². The quantitative estimate of drug-likeness (QED) is 0.767. The molecule has 1 aliphatic heterocycles. The van der Waals surface area contributed by atoms with Crippen LogP contribution in [0.3, 0.4) is 0 Å². The van der Waals surface area contributed by atoms with Gasteiger partial charge in [-0.3, -0.25) is 4.79 Å². The van der Waals surface area contributed by atoms with Crippen molar-refractivity contribution in [3.63, 3.8) is 0 Å². The molecule has 15 heavy (non-hydrogen) atoms. The predicted molar refractivity (Wildman–Crippen MR) is 55.9 cm³/mol. The lowest BCUT2D eigenvalue weighted by Crippen LogP contribution is -2.35. The molecule has 0 radical (unpaired) electrons. The molecular formula is C9H17NO4S. The molecule has 0 saturated carbocycles. The fourth-order valence-corrected chi connectivity index (χ4v) is 3.16. The Bertz CT molecular complexity index is 349. The lowest BCUT2D eigenvalue weighted by molar-refractivity contribution is -0.142. The maximum Gasteiger partial charge on any atom is 0.308 e. The number of nitrogens with zero attached hydrogens (tertiary/aromatic N) is 1. The number of hydrogen-bond donors (Lipinski definition) is 1. The summed E-state index contributed by atoms with van der Waals surface area (Å²) in [5.74, 6) is -1.60. The molecule has 0 aromatic rings. The minimum Gasteiger partial charge on any atom is -0.481 e. The van der Waals surface area contributed by atoms with Crippen LogP contribution >= 0.6 is 0 Å². The molecule has 1 rings (SSSR count). The highest BCUT2D eigenvalue weighted by atomic mass is 32.2. The standard InChI is InChI=1S/C9H17NO4S/c1-6(2)15(13,14)10-4-7(3)8(5-10)9(11)12/h6-8H,4-5H2,1-3H3,(H,11,12)/t7-,8-/m1/s1. The molecule has 0 spiro atoms. The highest BCUT2D eigenvalue weighted by Gasteiger charge is 2.40. The Morgan fingerprint density at radius 1 is 1.40 bits per heavy atom. The maximum absolute atomic E-state index is 11.8. The van der Waals surface area contributed by atoms with Gasteiger partial charge in [0.2, 0.25) is 10.0 Å². The first-order valence-electron chi connectivity index (χ1n) is 4.98. The molecule has 0 aromatic carbocycles. The Morgan fingerprint density at radius 3 is 2.27 bits per heavy atom. The molecule has 0 bridgehead atoms. The molecule has 1 saturated heterocycles. The molecule has 5 nitrogen and oxygen atoms in total. The number of rotatable bonds is 3.